The van der Waals surface area contributed by atoms with Gasteiger partial charge in [0.1, 0.15) is 0 Å². The van der Waals surface area contributed by atoms with Gasteiger partial charge in [-0.1, -0.05) is 49.6 Å². The molecule has 0 saturated heterocycles. The van der Waals surface area contributed by atoms with Crippen LogP contribution >= 0.6 is 0 Å². The smallest absolute Gasteiger partial charge is 0.311 e. The molecule has 32 heavy (non-hydrogen) atoms. The Morgan fingerprint density at radius 2 is 1.69 bits per heavy atom. The first kappa shape index (κ1) is 25.2. The van der Waals surface area contributed by atoms with Crippen molar-refractivity contribution >= 4 is 11.9 Å². The molecule has 0 N–H and O–H groups in total. The first-order valence-corrected chi connectivity index (χ1v) is 11.4. The second-order valence-corrected chi connectivity index (χ2v) is 7.97. The number of allylic oxidation sites excluding steroid dienone is 1. The highest BCUT2D eigenvalue weighted by Gasteiger charge is 2.09. The highest BCUT2D eigenvalue weighted by molar-refractivity contribution is 5.72. The third-order valence-corrected chi connectivity index (χ3v) is 5.07. The highest BCUT2D eigenvalue weighted by atomic mass is 16.5. The molecule has 2 rings (SSSR count). The van der Waals surface area contributed by atoms with Crippen LogP contribution in [0, 0.1) is 0 Å². The van der Waals surface area contributed by atoms with Gasteiger partial charge < -0.3 is 9.47 Å². The van der Waals surface area contributed by atoms with E-state index in [9.17, 15) is 9.59 Å². The van der Waals surface area contributed by atoms with Crippen LogP contribution in [0.5, 0.6) is 5.75 Å². The van der Waals surface area contributed by atoms with Gasteiger partial charge in [0.15, 0.2) is 11.6 Å². The van der Waals surface area contributed by atoms with Crippen LogP contribution in [-0.2, 0) is 20.7 Å². The molecule has 172 valence electrons. The molecule has 0 amide bonds. The van der Waals surface area contributed by atoms with E-state index in [2.05, 4.69) is 16.5 Å². The summed E-state index contributed by atoms with van der Waals surface area (Å²) in [6.07, 6.45) is 13.3. The van der Waals surface area contributed by atoms with Gasteiger partial charge in [0.05, 0.1) is 18.5 Å². The average Bonchev–Trinajstić information content (AvgIpc) is 2.77. The number of aromatic nitrogens is 2. The van der Waals surface area contributed by atoms with Crippen LogP contribution < -0.4 is 4.74 Å². The van der Waals surface area contributed by atoms with E-state index in [1.807, 2.05) is 37.3 Å². The predicted octanol–water partition coefficient (Wildman–Crippen LogP) is 5.85. The molecular weight excluding hydrogens is 404 g/mol. The van der Waals surface area contributed by atoms with Gasteiger partial charge in [0.25, 0.3) is 0 Å². The fraction of sp³-hybridized carbons (Fsp3) is 0.462. The van der Waals surface area contributed by atoms with Crippen LogP contribution in [0.3, 0.4) is 0 Å². The first-order valence-electron chi connectivity index (χ1n) is 11.4. The number of hydrogen-bond acceptors (Lipinski definition) is 6. The average molecular weight is 439 g/mol. The Morgan fingerprint density at radius 1 is 1.03 bits per heavy atom. The van der Waals surface area contributed by atoms with E-state index in [1.54, 1.807) is 0 Å². The van der Waals surface area contributed by atoms with E-state index in [-0.39, 0.29) is 18.0 Å². The number of esters is 2. The molecule has 0 aliphatic heterocycles. The Labute approximate surface area is 191 Å². The molecule has 0 bridgehead atoms. The summed E-state index contributed by atoms with van der Waals surface area (Å²) in [6.45, 7) is 7.03. The number of unbranched alkanes of at least 4 members (excludes halogenated alkanes) is 5. The molecule has 0 fully saturated rings. The quantitative estimate of drug-likeness (QED) is 0.209. The van der Waals surface area contributed by atoms with Gasteiger partial charge in [-0.25, -0.2) is 9.97 Å². The first-order chi connectivity index (χ1) is 15.5. The molecule has 1 aromatic heterocycles. The maximum atomic E-state index is 12.0. The Bertz CT molecular complexity index is 847. The van der Waals surface area contributed by atoms with Gasteiger partial charge >= 0.3 is 11.9 Å². The van der Waals surface area contributed by atoms with E-state index in [4.69, 9.17) is 9.47 Å². The number of ether oxygens (including phenoxy) is 2. The maximum Gasteiger partial charge on any atom is 0.311 e. The minimum Gasteiger partial charge on any atom is -0.463 e. The number of rotatable bonds is 14. The van der Waals surface area contributed by atoms with Crippen molar-refractivity contribution in [3.63, 3.8) is 0 Å². The van der Waals surface area contributed by atoms with Crippen LogP contribution in [0.4, 0.5) is 0 Å². The van der Waals surface area contributed by atoms with E-state index < -0.39 is 0 Å². The lowest BCUT2D eigenvalue weighted by molar-refractivity contribution is -0.145. The second kappa shape index (κ2) is 14.1. The van der Waals surface area contributed by atoms with Crippen molar-refractivity contribution in [2.24, 2.45) is 0 Å². The Balaban J connectivity index is 1.75. The minimum atomic E-state index is -0.256. The van der Waals surface area contributed by atoms with Crippen molar-refractivity contribution in [2.45, 2.75) is 77.7 Å². The summed E-state index contributed by atoms with van der Waals surface area (Å²) in [5.74, 6) is 0.429. The standard InChI is InChI=1S/C26H34N2O4/c1-4-5-6-7-8-9-10-11-25(30)32-24-18-27-26(28-19-24)23-16-14-22(15-17-23)13-12-20(2)31-21(3)29/h4,14-20H,1,5-13H2,2-3H3. The summed E-state index contributed by atoms with van der Waals surface area (Å²) in [5.41, 5.74) is 2.04. The number of carbonyl (C=O) groups is 2. The number of aryl methyl sites for hydroxylation is 1. The molecule has 1 aromatic carbocycles. The fourth-order valence-corrected chi connectivity index (χ4v) is 3.32. The molecule has 0 radical (unpaired) electrons. The number of carbonyl (C=O) groups excluding carboxylic acids is 2. The normalized spacial score (nSPS) is 11.6. The summed E-state index contributed by atoms with van der Waals surface area (Å²) in [7, 11) is 0. The molecule has 2 aromatic rings. The molecule has 6 nitrogen and oxygen atoms in total. The van der Waals surface area contributed by atoms with Crippen molar-refractivity contribution in [3.05, 3.63) is 54.9 Å². The lowest BCUT2D eigenvalue weighted by atomic mass is 10.1. The van der Waals surface area contributed by atoms with Crippen molar-refractivity contribution < 1.29 is 19.1 Å². The van der Waals surface area contributed by atoms with E-state index in [1.165, 1.54) is 25.7 Å². The van der Waals surface area contributed by atoms with Crippen LogP contribution in [0.15, 0.2) is 49.3 Å². The largest absolute Gasteiger partial charge is 0.463 e. The summed E-state index contributed by atoms with van der Waals surface area (Å²) in [4.78, 5) is 31.6. The second-order valence-electron chi connectivity index (χ2n) is 7.97. The highest BCUT2D eigenvalue weighted by Crippen LogP contribution is 2.19. The molecule has 0 aliphatic rings. The Morgan fingerprint density at radius 3 is 2.34 bits per heavy atom. The Hall–Kier alpha value is -3.02. The Kier molecular flexibility index (Phi) is 11.1. The summed E-state index contributed by atoms with van der Waals surface area (Å²) < 4.78 is 10.5. The van der Waals surface area contributed by atoms with Crippen LogP contribution in [0.25, 0.3) is 11.4 Å². The third kappa shape index (κ3) is 9.86. The number of benzene rings is 1. The number of nitrogens with zero attached hydrogens (tertiary/aromatic N) is 2. The van der Waals surface area contributed by atoms with E-state index >= 15 is 0 Å². The van der Waals surface area contributed by atoms with Gasteiger partial charge in [-0.15, -0.1) is 6.58 Å². The van der Waals surface area contributed by atoms with Crippen molar-refractivity contribution in [1.82, 2.24) is 9.97 Å². The molecule has 1 heterocycles. The van der Waals surface area contributed by atoms with E-state index in [0.717, 1.165) is 56.1 Å². The van der Waals surface area contributed by atoms with Gasteiger partial charge in [-0.2, -0.15) is 0 Å². The van der Waals surface area contributed by atoms with Gasteiger partial charge in [-0.05, 0) is 44.6 Å². The monoisotopic (exact) mass is 438 g/mol. The molecule has 0 aliphatic carbocycles. The minimum absolute atomic E-state index is 0.104. The molecule has 0 spiro atoms. The molecule has 1 unspecified atom stereocenters. The summed E-state index contributed by atoms with van der Waals surface area (Å²) >= 11 is 0. The van der Waals surface area contributed by atoms with Gasteiger partial charge in [0.2, 0.25) is 0 Å². The fourth-order valence-electron chi connectivity index (χ4n) is 3.32. The van der Waals surface area contributed by atoms with Crippen LogP contribution in [-0.4, -0.2) is 28.0 Å². The topological polar surface area (TPSA) is 78.4 Å². The summed E-state index contributed by atoms with van der Waals surface area (Å²) in [5, 5.41) is 0. The van der Waals surface area contributed by atoms with Crippen molar-refractivity contribution in [2.75, 3.05) is 0 Å². The van der Waals surface area contributed by atoms with Crippen molar-refractivity contribution in [3.8, 4) is 17.1 Å². The zero-order valence-corrected chi connectivity index (χ0v) is 19.2. The molecule has 1 atom stereocenters. The number of hydrogen-bond donors (Lipinski definition) is 0. The van der Waals surface area contributed by atoms with E-state index in [0.29, 0.717) is 18.0 Å². The maximum absolute atomic E-state index is 12.0. The molecule has 6 heteroatoms. The van der Waals surface area contributed by atoms with Crippen LogP contribution in [0.2, 0.25) is 0 Å². The van der Waals surface area contributed by atoms with Crippen molar-refractivity contribution in [1.29, 1.82) is 0 Å². The van der Waals surface area contributed by atoms with Gasteiger partial charge in [0, 0.05) is 18.9 Å². The summed E-state index contributed by atoms with van der Waals surface area (Å²) in [6, 6.07) is 7.96. The zero-order chi connectivity index (χ0) is 23.2. The van der Waals surface area contributed by atoms with Crippen LogP contribution in [0.1, 0.15) is 70.8 Å². The SMILES string of the molecule is C=CCCCCCCCC(=O)Oc1cnc(-c2ccc(CCC(C)OC(C)=O)cc2)nc1. The molecule has 0 saturated carbocycles. The zero-order valence-electron chi connectivity index (χ0n) is 19.2. The predicted molar refractivity (Wildman–Crippen MR) is 125 cm³/mol. The lowest BCUT2D eigenvalue weighted by Gasteiger charge is -2.11. The van der Waals surface area contributed by atoms with Gasteiger partial charge in [-0.3, -0.25) is 9.59 Å². The third-order valence-electron chi connectivity index (χ3n) is 5.07. The molecular formula is C26H34N2O4. The lowest BCUT2D eigenvalue weighted by Crippen LogP contribution is -2.12.